The van der Waals surface area contributed by atoms with Crippen molar-refractivity contribution in [2.24, 2.45) is 5.11 Å². The molecule has 1 aliphatic rings. The molecule has 1 aliphatic heterocycles. The number of azide groups is 1. The van der Waals surface area contributed by atoms with Gasteiger partial charge in [-0.15, -0.1) is 0 Å². The van der Waals surface area contributed by atoms with Gasteiger partial charge in [0, 0.05) is 11.8 Å². The Morgan fingerprint density at radius 1 is 1.46 bits per heavy atom. The zero-order valence-corrected chi connectivity index (χ0v) is 13.1. The molecule has 0 radical (unpaired) electrons. The fourth-order valence-electron chi connectivity index (χ4n) is 2.57. The Morgan fingerprint density at radius 3 is 2.75 bits per heavy atom. The van der Waals surface area contributed by atoms with E-state index in [9.17, 15) is 15.0 Å². The molecule has 0 spiro atoms. The smallest absolute Gasteiger partial charge is 0.217 e. The van der Waals surface area contributed by atoms with Gasteiger partial charge in [0.05, 0.1) is 31.5 Å². The average Bonchev–Trinajstić information content (AvgIpc) is 2.58. The molecule has 3 N–H and O–H groups in total. The van der Waals surface area contributed by atoms with Crippen LogP contribution < -0.4 is 5.32 Å². The van der Waals surface area contributed by atoms with Crippen LogP contribution in [0, 0.1) is 0 Å². The van der Waals surface area contributed by atoms with E-state index in [2.05, 4.69) is 15.3 Å². The summed E-state index contributed by atoms with van der Waals surface area (Å²) >= 11 is 0. The third-order valence-corrected chi connectivity index (χ3v) is 3.69. The first-order valence-electron chi connectivity index (χ1n) is 7.48. The van der Waals surface area contributed by atoms with Crippen molar-refractivity contribution in [3.05, 3.63) is 46.3 Å². The molecule has 1 saturated heterocycles. The van der Waals surface area contributed by atoms with Crippen molar-refractivity contribution >= 4 is 5.91 Å². The van der Waals surface area contributed by atoms with E-state index < -0.39 is 43.1 Å². The van der Waals surface area contributed by atoms with Crippen LogP contribution in [-0.4, -0.2) is 53.3 Å². The van der Waals surface area contributed by atoms with Gasteiger partial charge >= 0.3 is 0 Å². The second-order valence-corrected chi connectivity index (χ2v) is 5.43. The van der Waals surface area contributed by atoms with Crippen LogP contribution in [0.25, 0.3) is 10.4 Å². The minimum Gasteiger partial charge on any atom is -0.394 e. The number of nitrogens with zero attached hydrogens (tertiary/aromatic N) is 3. The Morgan fingerprint density at radius 2 is 2.17 bits per heavy atom. The standard InChI is InChI=1S/C15H20N4O5/c1-9(21)17-13-14(22)12(18-19-16)11(7-20)24-15(13)23-8-10-5-3-2-4-6-10/h2-6,11-15,20,22H,7-8H2,1H3,(H,17,21)/t11-,12+,13-,14+,15-/m1/s1. The van der Waals surface area contributed by atoms with E-state index in [4.69, 9.17) is 15.0 Å². The molecule has 9 heteroatoms. The van der Waals surface area contributed by atoms with Crippen molar-refractivity contribution in [1.82, 2.24) is 5.32 Å². The average molecular weight is 336 g/mol. The van der Waals surface area contributed by atoms with Crippen molar-refractivity contribution in [3.8, 4) is 0 Å². The molecule has 1 aromatic rings. The maximum absolute atomic E-state index is 11.4. The summed E-state index contributed by atoms with van der Waals surface area (Å²) in [5.74, 6) is -0.391. The van der Waals surface area contributed by atoms with E-state index in [1.165, 1.54) is 6.92 Å². The highest BCUT2D eigenvalue weighted by molar-refractivity contribution is 5.73. The van der Waals surface area contributed by atoms with Gasteiger partial charge in [-0.05, 0) is 11.1 Å². The van der Waals surface area contributed by atoms with Crippen molar-refractivity contribution < 1.29 is 24.5 Å². The van der Waals surface area contributed by atoms with Crippen LogP contribution >= 0.6 is 0 Å². The van der Waals surface area contributed by atoms with Gasteiger partial charge in [-0.1, -0.05) is 35.4 Å². The zero-order valence-electron chi connectivity index (χ0n) is 13.1. The summed E-state index contributed by atoms with van der Waals surface area (Å²) in [7, 11) is 0. The Kier molecular flexibility index (Phi) is 6.53. The summed E-state index contributed by atoms with van der Waals surface area (Å²) in [5.41, 5.74) is 9.51. The molecule has 0 aliphatic carbocycles. The first-order chi connectivity index (χ1) is 11.6. The lowest BCUT2D eigenvalue weighted by Crippen LogP contribution is -2.63. The Labute approximate surface area is 138 Å². The van der Waals surface area contributed by atoms with Crippen LogP contribution in [0.3, 0.4) is 0 Å². The Balaban J connectivity index is 2.15. The monoisotopic (exact) mass is 336 g/mol. The van der Waals surface area contributed by atoms with Gasteiger partial charge in [-0.2, -0.15) is 0 Å². The lowest BCUT2D eigenvalue weighted by atomic mass is 9.95. The van der Waals surface area contributed by atoms with E-state index in [0.717, 1.165) is 5.56 Å². The second-order valence-electron chi connectivity index (χ2n) is 5.43. The predicted molar refractivity (Wildman–Crippen MR) is 83.5 cm³/mol. The molecule has 9 nitrogen and oxygen atoms in total. The zero-order chi connectivity index (χ0) is 17.5. The largest absolute Gasteiger partial charge is 0.394 e. The van der Waals surface area contributed by atoms with Crippen LogP contribution in [-0.2, 0) is 20.9 Å². The van der Waals surface area contributed by atoms with Crippen molar-refractivity contribution in [2.75, 3.05) is 6.61 Å². The lowest BCUT2D eigenvalue weighted by Gasteiger charge is -2.42. The number of aliphatic hydroxyl groups excluding tert-OH is 2. The van der Waals surface area contributed by atoms with E-state index in [1.54, 1.807) is 0 Å². The van der Waals surface area contributed by atoms with Gasteiger partial charge in [0.25, 0.3) is 0 Å². The van der Waals surface area contributed by atoms with Crippen molar-refractivity contribution in [2.45, 2.75) is 44.1 Å². The molecule has 2 rings (SSSR count). The summed E-state index contributed by atoms with van der Waals surface area (Å²) in [6, 6.07) is 7.34. The molecule has 130 valence electrons. The van der Waals surface area contributed by atoms with E-state index in [1.807, 2.05) is 30.3 Å². The van der Waals surface area contributed by atoms with Gasteiger partial charge in [0.15, 0.2) is 6.29 Å². The first-order valence-corrected chi connectivity index (χ1v) is 7.48. The number of amides is 1. The van der Waals surface area contributed by atoms with E-state index >= 15 is 0 Å². The minimum absolute atomic E-state index is 0.193. The van der Waals surface area contributed by atoms with Crippen LogP contribution in [0.2, 0.25) is 0 Å². The summed E-state index contributed by atoms with van der Waals surface area (Å²) in [6.07, 6.45) is -3.18. The fourth-order valence-corrected chi connectivity index (χ4v) is 2.57. The number of aliphatic hydroxyl groups is 2. The first kappa shape index (κ1) is 18.2. The van der Waals surface area contributed by atoms with Crippen molar-refractivity contribution in [1.29, 1.82) is 0 Å². The molecule has 0 unspecified atom stereocenters. The Bertz CT molecular complexity index is 593. The number of hydrogen-bond acceptors (Lipinski definition) is 6. The minimum atomic E-state index is -1.25. The summed E-state index contributed by atoms with van der Waals surface area (Å²) in [4.78, 5) is 14.1. The third kappa shape index (κ3) is 4.44. The Hall–Kier alpha value is -2.16. The lowest BCUT2D eigenvalue weighted by molar-refractivity contribution is -0.247. The number of carbonyl (C=O) groups is 1. The van der Waals surface area contributed by atoms with Crippen LogP contribution in [0.15, 0.2) is 35.4 Å². The van der Waals surface area contributed by atoms with E-state index in [0.29, 0.717) is 0 Å². The van der Waals surface area contributed by atoms with E-state index in [-0.39, 0.29) is 6.61 Å². The predicted octanol–water partition coefficient (Wildman–Crippen LogP) is 0.465. The highest BCUT2D eigenvalue weighted by atomic mass is 16.7. The number of ether oxygens (including phenoxy) is 2. The van der Waals surface area contributed by atoms with Gasteiger partial charge < -0.3 is 25.0 Å². The molecule has 24 heavy (non-hydrogen) atoms. The number of nitrogens with one attached hydrogen (secondary N) is 1. The molecule has 5 atom stereocenters. The summed E-state index contributed by atoms with van der Waals surface area (Å²) in [6.45, 7) is 1.03. The quantitative estimate of drug-likeness (QED) is 0.394. The number of benzene rings is 1. The molecule has 0 bridgehead atoms. The molecular weight excluding hydrogens is 316 g/mol. The van der Waals surface area contributed by atoms with Gasteiger partial charge in [-0.25, -0.2) is 0 Å². The number of hydrogen-bond donors (Lipinski definition) is 3. The van der Waals surface area contributed by atoms with Gasteiger partial charge in [0.2, 0.25) is 5.91 Å². The third-order valence-electron chi connectivity index (χ3n) is 3.69. The highest BCUT2D eigenvalue weighted by Crippen LogP contribution is 2.25. The summed E-state index contributed by atoms with van der Waals surface area (Å²) in [5, 5.41) is 25.9. The molecule has 0 saturated carbocycles. The van der Waals surface area contributed by atoms with Crippen LogP contribution in [0.5, 0.6) is 0 Å². The number of rotatable bonds is 6. The van der Waals surface area contributed by atoms with Crippen LogP contribution in [0.4, 0.5) is 0 Å². The second kappa shape index (κ2) is 8.62. The summed E-state index contributed by atoms with van der Waals surface area (Å²) < 4.78 is 11.3. The maximum Gasteiger partial charge on any atom is 0.217 e. The van der Waals surface area contributed by atoms with Crippen molar-refractivity contribution in [3.63, 3.8) is 0 Å². The normalized spacial score (nSPS) is 29.5. The fraction of sp³-hybridized carbons (Fsp3) is 0.533. The molecule has 1 amide bonds. The maximum atomic E-state index is 11.4. The number of carbonyl (C=O) groups excluding carboxylic acids is 1. The SMILES string of the molecule is CC(=O)N[C@H]1[C@H](OCc2ccccc2)O[C@H](CO)[C@H](N=[N+]=[N-])[C@@H]1O. The van der Waals surface area contributed by atoms with Crippen LogP contribution in [0.1, 0.15) is 12.5 Å². The molecule has 1 fully saturated rings. The molecule has 1 heterocycles. The van der Waals surface area contributed by atoms with Gasteiger partial charge in [0.1, 0.15) is 6.04 Å². The van der Waals surface area contributed by atoms with Gasteiger partial charge in [-0.3, -0.25) is 4.79 Å². The molecule has 1 aromatic carbocycles. The molecular formula is C15H20N4O5. The molecule has 0 aromatic heterocycles. The highest BCUT2D eigenvalue weighted by Gasteiger charge is 2.45. The topological polar surface area (TPSA) is 137 Å².